The van der Waals surface area contributed by atoms with E-state index in [-0.39, 0.29) is 29.7 Å². The van der Waals surface area contributed by atoms with Gasteiger partial charge in [0.1, 0.15) is 0 Å². The number of ether oxygens (including phenoxy) is 1. The van der Waals surface area contributed by atoms with E-state index in [1.165, 1.54) is 0 Å². The van der Waals surface area contributed by atoms with Crippen LogP contribution in [0.15, 0.2) is 0 Å². The fraction of sp³-hybridized carbons (Fsp3) is 1.00. The molecule has 0 aromatic carbocycles. The summed E-state index contributed by atoms with van der Waals surface area (Å²) >= 11 is 0. The summed E-state index contributed by atoms with van der Waals surface area (Å²) in [5.41, 5.74) is 0. The van der Waals surface area contributed by atoms with E-state index in [4.69, 9.17) is 5.11 Å². The summed E-state index contributed by atoms with van der Waals surface area (Å²) in [5.74, 6) is 0. The van der Waals surface area contributed by atoms with Crippen molar-refractivity contribution in [2.75, 3.05) is 20.3 Å². The second-order valence-corrected chi connectivity index (χ2v) is 0.716. The van der Waals surface area contributed by atoms with Gasteiger partial charge in [0, 0.05) is 30.2 Å². The molecule has 0 bridgehead atoms. The van der Waals surface area contributed by atoms with Crippen molar-refractivity contribution in [3.63, 3.8) is 0 Å². The van der Waals surface area contributed by atoms with Crippen LogP contribution in [0.25, 0.3) is 0 Å². The molecule has 0 spiro atoms. The molecule has 0 saturated carbocycles. The van der Waals surface area contributed by atoms with E-state index in [1.807, 2.05) is 0 Å². The fourth-order valence-electron chi connectivity index (χ4n) is 0.0913. The van der Waals surface area contributed by atoms with E-state index in [0.717, 1.165) is 0 Å². The van der Waals surface area contributed by atoms with Crippen molar-refractivity contribution in [3.8, 4) is 0 Å². The molecule has 0 rings (SSSR count). The maximum absolute atomic E-state index is 7.94. The van der Waals surface area contributed by atoms with E-state index < -0.39 is 0 Å². The first-order valence-corrected chi connectivity index (χ1v) is 1.51. The zero-order valence-electron chi connectivity index (χ0n) is 3.98. The van der Waals surface area contributed by atoms with Crippen molar-refractivity contribution in [3.05, 3.63) is 0 Å². The summed E-state index contributed by atoms with van der Waals surface area (Å²) < 4.78 is 4.44. The molecule has 0 fully saturated rings. The van der Waals surface area contributed by atoms with Crippen molar-refractivity contribution < 1.29 is 9.84 Å². The molecule has 0 aromatic rings. The summed E-state index contributed by atoms with van der Waals surface area (Å²) in [4.78, 5) is 0. The SMILES string of the molecule is COCCO.[Mg]. The maximum Gasteiger partial charge on any atom is 0.0693 e. The highest BCUT2D eigenvalue weighted by atomic mass is 24.3. The monoisotopic (exact) mass is 100 g/mol. The molecule has 0 aliphatic rings. The second kappa shape index (κ2) is 9.19. The molecule has 0 aliphatic carbocycles. The van der Waals surface area contributed by atoms with Crippen LogP contribution in [0.1, 0.15) is 0 Å². The van der Waals surface area contributed by atoms with Gasteiger partial charge in [-0.2, -0.15) is 0 Å². The fourth-order valence-corrected chi connectivity index (χ4v) is 0.0913. The van der Waals surface area contributed by atoms with E-state index >= 15 is 0 Å². The Kier molecular flexibility index (Phi) is 15.1. The zero-order valence-corrected chi connectivity index (χ0v) is 5.39. The molecule has 0 saturated heterocycles. The van der Waals surface area contributed by atoms with Crippen molar-refractivity contribution in [2.24, 2.45) is 0 Å². The van der Waals surface area contributed by atoms with Gasteiger partial charge in [-0.25, -0.2) is 0 Å². The van der Waals surface area contributed by atoms with Crippen molar-refractivity contribution in [1.29, 1.82) is 0 Å². The average Bonchev–Trinajstić information content (AvgIpc) is 1.41. The Morgan fingerprint density at radius 2 is 2.17 bits per heavy atom. The molecule has 0 amide bonds. The minimum atomic E-state index is 0. The minimum Gasteiger partial charge on any atom is -0.394 e. The summed E-state index contributed by atoms with van der Waals surface area (Å²) in [6, 6.07) is 0. The number of rotatable bonds is 2. The number of hydrogen-bond acceptors (Lipinski definition) is 2. The predicted octanol–water partition coefficient (Wildman–Crippen LogP) is -0.756. The molecule has 1 N–H and O–H groups in total. The van der Waals surface area contributed by atoms with Gasteiger partial charge in [0.2, 0.25) is 0 Å². The Balaban J connectivity index is 0. The number of aliphatic hydroxyl groups is 1. The third kappa shape index (κ3) is 8.82. The number of hydrogen-bond donors (Lipinski definition) is 1. The Bertz CT molecular complexity index is 16.3. The lowest BCUT2D eigenvalue weighted by Crippen LogP contribution is -1.91. The van der Waals surface area contributed by atoms with Gasteiger partial charge < -0.3 is 9.84 Å². The van der Waals surface area contributed by atoms with Gasteiger partial charge in [0.05, 0.1) is 13.2 Å². The van der Waals surface area contributed by atoms with Crippen molar-refractivity contribution in [2.45, 2.75) is 0 Å². The van der Waals surface area contributed by atoms with E-state index in [9.17, 15) is 0 Å². The number of aliphatic hydroxyl groups excluding tert-OH is 1. The van der Waals surface area contributed by atoms with E-state index in [0.29, 0.717) is 6.61 Å². The van der Waals surface area contributed by atoms with Gasteiger partial charge in [-0.05, 0) is 0 Å². The molecule has 0 atom stereocenters. The number of methoxy groups -OCH3 is 1. The van der Waals surface area contributed by atoms with Crippen LogP contribution < -0.4 is 0 Å². The third-order valence-corrected chi connectivity index (χ3v) is 0.295. The quantitative estimate of drug-likeness (QED) is 0.463. The molecule has 0 aromatic heterocycles. The Morgan fingerprint density at radius 1 is 1.67 bits per heavy atom. The van der Waals surface area contributed by atoms with Crippen LogP contribution >= 0.6 is 0 Å². The lowest BCUT2D eigenvalue weighted by atomic mass is 10.8. The zero-order chi connectivity index (χ0) is 4.12. The van der Waals surface area contributed by atoms with Crippen LogP contribution in [0.5, 0.6) is 0 Å². The van der Waals surface area contributed by atoms with Gasteiger partial charge >= 0.3 is 0 Å². The third-order valence-electron chi connectivity index (χ3n) is 0.295. The molecule has 2 nitrogen and oxygen atoms in total. The Morgan fingerprint density at radius 3 is 2.17 bits per heavy atom. The van der Waals surface area contributed by atoms with Crippen molar-refractivity contribution in [1.82, 2.24) is 0 Å². The molecule has 0 heterocycles. The molecular formula is C3H8MgO2. The van der Waals surface area contributed by atoms with Crippen LogP contribution in [0.3, 0.4) is 0 Å². The first-order chi connectivity index (χ1) is 2.41. The lowest BCUT2D eigenvalue weighted by Gasteiger charge is -1.84. The van der Waals surface area contributed by atoms with Crippen LogP contribution in [0.2, 0.25) is 0 Å². The first kappa shape index (κ1) is 9.84. The average molecular weight is 100 g/mol. The Hall–Kier alpha value is 0.686. The van der Waals surface area contributed by atoms with E-state index in [1.54, 1.807) is 7.11 Å². The summed E-state index contributed by atoms with van der Waals surface area (Å²) in [6.45, 7) is 0.566. The topological polar surface area (TPSA) is 29.5 Å². The van der Waals surface area contributed by atoms with Gasteiger partial charge in [-0.1, -0.05) is 0 Å². The molecule has 3 heteroatoms. The summed E-state index contributed by atoms with van der Waals surface area (Å²) in [7, 11) is 1.55. The van der Waals surface area contributed by atoms with Gasteiger partial charge in [0.15, 0.2) is 0 Å². The van der Waals surface area contributed by atoms with Crippen LogP contribution in [-0.4, -0.2) is 48.5 Å². The second-order valence-electron chi connectivity index (χ2n) is 0.716. The van der Waals surface area contributed by atoms with Crippen molar-refractivity contribution >= 4 is 23.1 Å². The van der Waals surface area contributed by atoms with E-state index in [2.05, 4.69) is 4.74 Å². The van der Waals surface area contributed by atoms with Gasteiger partial charge in [0.25, 0.3) is 0 Å². The van der Waals surface area contributed by atoms with Crippen LogP contribution in [-0.2, 0) is 4.74 Å². The highest BCUT2D eigenvalue weighted by Gasteiger charge is 1.67. The molecule has 34 valence electrons. The summed E-state index contributed by atoms with van der Waals surface area (Å²) in [5, 5.41) is 7.94. The largest absolute Gasteiger partial charge is 0.394 e. The minimum absolute atomic E-state index is 0. The lowest BCUT2D eigenvalue weighted by molar-refractivity contribution is 0.135. The van der Waals surface area contributed by atoms with Gasteiger partial charge in [-0.15, -0.1) is 0 Å². The Labute approximate surface area is 53.6 Å². The maximum atomic E-state index is 7.94. The van der Waals surface area contributed by atoms with Crippen LogP contribution in [0, 0.1) is 0 Å². The normalized spacial score (nSPS) is 7.00. The molecular weight excluding hydrogens is 92.3 g/mol. The smallest absolute Gasteiger partial charge is 0.0693 e. The van der Waals surface area contributed by atoms with Crippen LogP contribution in [0.4, 0.5) is 0 Å². The molecule has 0 aliphatic heterocycles. The van der Waals surface area contributed by atoms with Gasteiger partial charge in [-0.3, -0.25) is 0 Å². The standard InChI is InChI=1S/C3H8O2.Mg/c1-5-3-2-4;/h4H,2-3H2,1H3;. The first-order valence-electron chi connectivity index (χ1n) is 1.51. The molecule has 6 heavy (non-hydrogen) atoms. The predicted molar refractivity (Wildman–Crippen MR) is 24.7 cm³/mol. The molecule has 2 radical (unpaired) electrons. The summed E-state index contributed by atoms with van der Waals surface area (Å²) in [6.07, 6.45) is 0. The highest BCUT2D eigenvalue weighted by molar-refractivity contribution is 5.75. The molecule has 0 unspecified atom stereocenters. The highest BCUT2D eigenvalue weighted by Crippen LogP contribution is 1.56.